The van der Waals surface area contributed by atoms with Crippen LogP contribution in [0.3, 0.4) is 0 Å². The van der Waals surface area contributed by atoms with E-state index >= 15 is 0 Å². The van der Waals surface area contributed by atoms with Crippen LogP contribution in [0, 0.1) is 0 Å². The highest BCUT2D eigenvalue weighted by molar-refractivity contribution is 9.10. The lowest BCUT2D eigenvalue weighted by molar-refractivity contribution is 0.151. The summed E-state index contributed by atoms with van der Waals surface area (Å²) in [6.07, 6.45) is -0.538. The number of rotatable bonds is 5. The Kier molecular flexibility index (Phi) is 5.21. The minimum absolute atomic E-state index is 0.0426. The molecule has 0 aliphatic heterocycles. The van der Waals surface area contributed by atoms with Gasteiger partial charge in [-0.25, -0.2) is 0 Å². The molecule has 106 valence electrons. The molecule has 2 nitrogen and oxygen atoms in total. The van der Waals surface area contributed by atoms with Crippen molar-refractivity contribution in [2.45, 2.75) is 25.9 Å². The van der Waals surface area contributed by atoms with E-state index in [0.29, 0.717) is 6.61 Å². The first-order valence-electron chi connectivity index (χ1n) is 6.78. The quantitative estimate of drug-likeness (QED) is 0.859. The maximum Gasteiger partial charge on any atom is 0.133 e. The number of hydrogen-bond donors (Lipinski definition) is 1. The molecule has 0 aliphatic carbocycles. The Hall–Kier alpha value is -1.32. The van der Waals surface area contributed by atoms with Gasteiger partial charge < -0.3 is 9.84 Å². The van der Waals surface area contributed by atoms with E-state index in [9.17, 15) is 5.11 Å². The van der Waals surface area contributed by atoms with Crippen molar-refractivity contribution in [3.05, 3.63) is 64.1 Å². The van der Waals surface area contributed by atoms with Crippen LogP contribution in [-0.2, 0) is 0 Å². The van der Waals surface area contributed by atoms with Crippen molar-refractivity contribution >= 4 is 15.9 Å². The fourth-order valence-electron chi connectivity index (χ4n) is 2.20. The zero-order valence-electron chi connectivity index (χ0n) is 11.7. The lowest BCUT2D eigenvalue weighted by atomic mass is 9.91. The maximum atomic E-state index is 10.5. The molecule has 0 amide bonds. The fourth-order valence-corrected chi connectivity index (χ4v) is 2.71. The van der Waals surface area contributed by atoms with Crippen LogP contribution in [0.25, 0.3) is 0 Å². The Morgan fingerprint density at radius 3 is 2.40 bits per heavy atom. The first-order chi connectivity index (χ1) is 9.63. The highest BCUT2D eigenvalue weighted by Crippen LogP contribution is 2.34. The molecule has 0 radical (unpaired) electrons. The van der Waals surface area contributed by atoms with Crippen LogP contribution >= 0.6 is 15.9 Å². The molecule has 0 bridgehead atoms. The molecule has 1 N–H and O–H groups in total. The van der Waals surface area contributed by atoms with Crippen LogP contribution in [0.4, 0.5) is 0 Å². The average Bonchev–Trinajstić information content (AvgIpc) is 2.49. The molecule has 0 saturated carbocycles. The van der Waals surface area contributed by atoms with Crippen molar-refractivity contribution in [3.8, 4) is 5.75 Å². The molecule has 2 atom stereocenters. The van der Waals surface area contributed by atoms with Crippen molar-refractivity contribution < 1.29 is 9.84 Å². The van der Waals surface area contributed by atoms with Gasteiger partial charge in [0.15, 0.2) is 0 Å². The van der Waals surface area contributed by atoms with E-state index in [4.69, 9.17) is 4.74 Å². The van der Waals surface area contributed by atoms with Crippen molar-refractivity contribution in [2.75, 3.05) is 6.61 Å². The second-order valence-corrected chi connectivity index (χ2v) is 5.62. The van der Waals surface area contributed by atoms with Crippen LogP contribution in [0.5, 0.6) is 5.75 Å². The number of benzene rings is 2. The second kappa shape index (κ2) is 6.91. The Morgan fingerprint density at radius 1 is 1.10 bits per heavy atom. The van der Waals surface area contributed by atoms with Crippen molar-refractivity contribution in [2.24, 2.45) is 0 Å². The molecule has 0 aliphatic rings. The first-order valence-corrected chi connectivity index (χ1v) is 7.58. The van der Waals surface area contributed by atoms with E-state index < -0.39 is 6.10 Å². The summed E-state index contributed by atoms with van der Waals surface area (Å²) in [5.74, 6) is 0.844. The van der Waals surface area contributed by atoms with E-state index in [1.807, 2.05) is 62.4 Å². The molecule has 2 rings (SSSR count). The summed E-state index contributed by atoms with van der Waals surface area (Å²) in [6, 6.07) is 15.8. The van der Waals surface area contributed by atoms with Gasteiger partial charge in [-0.3, -0.25) is 0 Å². The van der Waals surface area contributed by atoms with Crippen LogP contribution < -0.4 is 4.74 Å². The van der Waals surface area contributed by atoms with Gasteiger partial charge in [0, 0.05) is 5.92 Å². The number of aliphatic hydroxyl groups is 1. The molecule has 0 aromatic heterocycles. The smallest absolute Gasteiger partial charge is 0.133 e. The molecule has 2 aromatic carbocycles. The van der Waals surface area contributed by atoms with Gasteiger partial charge in [0.2, 0.25) is 0 Å². The third-order valence-electron chi connectivity index (χ3n) is 3.40. The normalized spacial score (nSPS) is 13.8. The van der Waals surface area contributed by atoms with Crippen LogP contribution in [0.2, 0.25) is 0 Å². The van der Waals surface area contributed by atoms with Gasteiger partial charge >= 0.3 is 0 Å². The summed E-state index contributed by atoms with van der Waals surface area (Å²) in [5.41, 5.74) is 2.02. The molecule has 0 spiro atoms. The Balaban J connectivity index is 2.21. The molecule has 3 heteroatoms. The minimum Gasteiger partial charge on any atom is -0.493 e. The molecular formula is C17H19BrO2. The van der Waals surface area contributed by atoms with E-state index in [1.165, 1.54) is 0 Å². The van der Waals surface area contributed by atoms with E-state index in [-0.39, 0.29) is 5.92 Å². The molecule has 0 saturated heterocycles. The number of hydrogen-bond acceptors (Lipinski definition) is 2. The third-order valence-corrected chi connectivity index (χ3v) is 4.02. The molecular weight excluding hydrogens is 316 g/mol. The largest absolute Gasteiger partial charge is 0.493 e. The number of halogens is 1. The van der Waals surface area contributed by atoms with Crippen LogP contribution in [-0.4, -0.2) is 11.7 Å². The highest BCUT2D eigenvalue weighted by atomic mass is 79.9. The third kappa shape index (κ3) is 3.41. The summed E-state index contributed by atoms with van der Waals surface area (Å²) >= 11 is 3.49. The highest BCUT2D eigenvalue weighted by Gasteiger charge is 2.19. The topological polar surface area (TPSA) is 29.5 Å². The average molecular weight is 335 g/mol. The zero-order valence-corrected chi connectivity index (χ0v) is 13.3. The predicted molar refractivity (Wildman–Crippen MR) is 85.1 cm³/mol. The Labute approximate surface area is 128 Å². The van der Waals surface area contributed by atoms with Crippen molar-refractivity contribution in [3.63, 3.8) is 0 Å². The SMILES string of the molecule is CCOc1ccc(C(O)C(C)c2ccccc2)cc1Br. The summed E-state index contributed by atoms with van der Waals surface area (Å²) in [6.45, 7) is 4.61. The van der Waals surface area contributed by atoms with Crippen molar-refractivity contribution in [1.82, 2.24) is 0 Å². The molecule has 20 heavy (non-hydrogen) atoms. The standard InChI is InChI=1S/C17H19BrO2/c1-3-20-16-10-9-14(11-15(16)18)17(19)12(2)13-7-5-4-6-8-13/h4-12,17,19H,3H2,1-2H3. The monoisotopic (exact) mass is 334 g/mol. The molecule has 2 aromatic rings. The molecule has 0 heterocycles. The lowest BCUT2D eigenvalue weighted by Gasteiger charge is -2.20. The van der Waals surface area contributed by atoms with Gasteiger partial charge in [0.1, 0.15) is 5.75 Å². The van der Waals surface area contributed by atoms with Gasteiger partial charge in [0.05, 0.1) is 17.2 Å². The van der Waals surface area contributed by atoms with Gasteiger partial charge in [-0.15, -0.1) is 0 Å². The summed E-state index contributed by atoms with van der Waals surface area (Å²) in [4.78, 5) is 0. The van der Waals surface area contributed by atoms with Gasteiger partial charge in [0.25, 0.3) is 0 Å². The van der Waals surface area contributed by atoms with Gasteiger partial charge in [-0.2, -0.15) is 0 Å². The summed E-state index contributed by atoms with van der Waals surface area (Å²) in [5, 5.41) is 10.5. The minimum atomic E-state index is -0.538. The lowest BCUT2D eigenvalue weighted by Crippen LogP contribution is -2.08. The first kappa shape index (κ1) is 15.1. The molecule has 0 fully saturated rings. The predicted octanol–water partition coefficient (Wildman–Crippen LogP) is 4.68. The number of aliphatic hydroxyl groups excluding tert-OH is 1. The van der Waals surface area contributed by atoms with Crippen LogP contribution in [0.15, 0.2) is 53.0 Å². The zero-order chi connectivity index (χ0) is 14.5. The summed E-state index contributed by atoms with van der Waals surface area (Å²) < 4.78 is 6.36. The van der Waals surface area contributed by atoms with Gasteiger partial charge in [-0.1, -0.05) is 43.3 Å². The van der Waals surface area contributed by atoms with Gasteiger partial charge in [-0.05, 0) is 46.1 Å². The van der Waals surface area contributed by atoms with Crippen molar-refractivity contribution in [1.29, 1.82) is 0 Å². The maximum absolute atomic E-state index is 10.5. The van der Waals surface area contributed by atoms with E-state index in [1.54, 1.807) is 0 Å². The Bertz CT molecular complexity index is 554. The Morgan fingerprint density at radius 2 is 1.80 bits per heavy atom. The summed E-state index contributed by atoms with van der Waals surface area (Å²) in [7, 11) is 0. The van der Waals surface area contributed by atoms with E-state index in [0.717, 1.165) is 21.3 Å². The van der Waals surface area contributed by atoms with E-state index in [2.05, 4.69) is 15.9 Å². The number of ether oxygens (including phenoxy) is 1. The van der Waals surface area contributed by atoms with Crippen LogP contribution in [0.1, 0.15) is 37.0 Å². The second-order valence-electron chi connectivity index (χ2n) is 4.77. The fraction of sp³-hybridized carbons (Fsp3) is 0.294. The molecule has 2 unspecified atom stereocenters.